The second kappa shape index (κ2) is 10.8. The third kappa shape index (κ3) is 6.29. The number of nitrogens with one attached hydrogen (secondary N) is 1. The minimum absolute atomic E-state index is 0.0180. The van der Waals surface area contributed by atoms with E-state index in [0.29, 0.717) is 42.5 Å². The van der Waals surface area contributed by atoms with Gasteiger partial charge in [-0.1, -0.05) is 0 Å². The molecule has 4 heterocycles. The molecule has 2 aliphatic rings. The lowest BCUT2D eigenvalue weighted by Crippen LogP contribution is -2.35. The molecule has 0 aromatic carbocycles. The Morgan fingerprint density at radius 3 is 2.62 bits per heavy atom. The zero-order valence-electron chi connectivity index (χ0n) is 22.7. The molecule has 206 valence electrons. The Balaban J connectivity index is 1.52. The van der Waals surface area contributed by atoms with Gasteiger partial charge < -0.3 is 20.1 Å². The van der Waals surface area contributed by atoms with Crippen LogP contribution in [0.2, 0.25) is 0 Å². The lowest BCUT2D eigenvalue weighted by Gasteiger charge is -2.27. The first kappa shape index (κ1) is 26.9. The Morgan fingerprint density at radius 1 is 1.15 bits per heavy atom. The van der Waals surface area contributed by atoms with Crippen molar-refractivity contribution in [2.75, 3.05) is 23.3 Å². The van der Waals surface area contributed by atoms with Crippen molar-refractivity contribution in [1.82, 2.24) is 19.9 Å². The Morgan fingerprint density at radius 2 is 1.95 bits per heavy atom. The predicted octanol–water partition coefficient (Wildman–Crippen LogP) is 5.53. The van der Waals surface area contributed by atoms with Gasteiger partial charge in [-0.2, -0.15) is 5.26 Å². The van der Waals surface area contributed by atoms with Gasteiger partial charge in [0.05, 0.1) is 23.0 Å². The van der Waals surface area contributed by atoms with Crippen LogP contribution in [-0.4, -0.2) is 61.9 Å². The van der Waals surface area contributed by atoms with Gasteiger partial charge in [0.2, 0.25) is 0 Å². The summed E-state index contributed by atoms with van der Waals surface area (Å²) in [4.78, 5) is 41.1. The van der Waals surface area contributed by atoms with Gasteiger partial charge in [0.1, 0.15) is 17.2 Å². The number of carbonyl (C=O) groups is 2. The van der Waals surface area contributed by atoms with E-state index in [1.54, 1.807) is 39.2 Å². The molecule has 3 aromatic rings. The lowest BCUT2D eigenvalue weighted by atomic mass is 10.1. The monoisotopic (exact) mass is 541 g/mol. The number of likely N-dealkylation sites (tertiary alicyclic amines) is 1. The van der Waals surface area contributed by atoms with Crippen LogP contribution in [0.3, 0.4) is 0 Å². The predicted molar refractivity (Wildman–Crippen MR) is 148 cm³/mol. The SMILES string of the molecule is CC(C)(C)OC(=O)N(c1cc(C#N)ccn1)c1cc(C2CC2)cc(-c2cncc(N[C@H]3CCN(C(=O)O)C3)c2)n1. The molecule has 11 nitrogen and oxygen atoms in total. The maximum absolute atomic E-state index is 13.5. The Hall–Kier alpha value is -4.72. The average molecular weight is 542 g/mol. The second-order valence-corrected chi connectivity index (χ2v) is 11.1. The van der Waals surface area contributed by atoms with Gasteiger partial charge in [-0.05, 0) is 81.8 Å². The van der Waals surface area contributed by atoms with Crippen molar-refractivity contribution in [3.63, 3.8) is 0 Å². The van der Waals surface area contributed by atoms with E-state index in [2.05, 4.69) is 21.4 Å². The molecule has 3 aromatic heterocycles. The highest BCUT2D eigenvalue weighted by Gasteiger charge is 2.31. The minimum atomic E-state index is -0.922. The van der Waals surface area contributed by atoms with E-state index in [1.165, 1.54) is 22.1 Å². The van der Waals surface area contributed by atoms with Gasteiger partial charge in [0.15, 0.2) is 0 Å². The maximum Gasteiger partial charge on any atom is 0.421 e. The number of aromatic nitrogens is 3. The van der Waals surface area contributed by atoms with Crippen molar-refractivity contribution >= 4 is 29.5 Å². The van der Waals surface area contributed by atoms with E-state index >= 15 is 0 Å². The molecule has 0 unspecified atom stereocenters. The molecular formula is C29H31N7O4. The van der Waals surface area contributed by atoms with Crippen LogP contribution in [-0.2, 0) is 4.74 Å². The number of ether oxygens (including phenoxy) is 1. The van der Waals surface area contributed by atoms with Gasteiger partial charge in [-0.3, -0.25) is 4.98 Å². The maximum atomic E-state index is 13.5. The molecule has 0 radical (unpaired) electrons. The quantitative estimate of drug-likeness (QED) is 0.412. The van der Waals surface area contributed by atoms with E-state index in [4.69, 9.17) is 9.72 Å². The smallest absolute Gasteiger partial charge is 0.421 e. The minimum Gasteiger partial charge on any atom is -0.465 e. The third-order valence-electron chi connectivity index (χ3n) is 6.66. The number of carbonyl (C=O) groups excluding carboxylic acids is 1. The fourth-order valence-corrected chi connectivity index (χ4v) is 4.62. The van der Waals surface area contributed by atoms with Crippen LogP contribution in [0.1, 0.15) is 57.1 Å². The molecule has 2 amide bonds. The van der Waals surface area contributed by atoms with Gasteiger partial charge >= 0.3 is 12.2 Å². The van der Waals surface area contributed by atoms with E-state index in [0.717, 1.165) is 29.7 Å². The van der Waals surface area contributed by atoms with Crippen LogP contribution in [0.15, 0.2) is 48.9 Å². The molecule has 40 heavy (non-hydrogen) atoms. The number of anilines is 3. The first-order chi connectivity index (χ1) is 19.1. The van der Waals surface area contributed by atoms with E-state index in [-0.39, 0.29) is 11.9 Å². The summed E-state index contributed by atoms with van der Waals surface area (Å²) in [5, 5.41) is 22.1. The van der Waals surface area contributed by atoms with Crippen LogP contribution in [0.4, 0.5) is 26.9 Å². The summed E-state index contributed by atoms with van der Waals surface area (Å²) in [5.74, 6) is 0.925. The Kier molecular flexibility index (Phi) is 7.26. The number of hydrogen-bond acceptors (Lipinski definition) is 8. The molecule has 0 spiro atoms. The van der Waals surface area contributed by atoms with Crippen molar-refractivity contribution < 1.29 is 19.4 Å². The highest BCUT2D eigenvalue weighted by Crippen LogP contribution is 2.43. The molecule has 2 fully saturated rings. The summed E-state index contributed by atoms with van der Waals surface area (Å²) in [6.07, 6.45) is 6.09. The largest absolute Gasteiger partial charge is 0.465 e. The van der Waals surface area contributed by atoms with Crippen LogP contribution < -0.4 is 10.2 Å². The fraction of sp³-hybridized carbons (Fsp3) is 0.379. The molecule has 11 heteroatoms. The third-order valence-corrected chi connectivity index (χ3v) is 6.66. The van der Waals surface area contributed by atoms with Gasteiger partial charge in [0.25, 0.3) is 0 Å². The molecule has 1 aliphatic heterocycles. The number of rotatable bonds is 6. The molecule has 0 bridgehead atoms. The summed E-state index contributed by atoms with van der Waals surface area (Å²) < 4.78 is 5.72. The van der Waals surface area contributed by atoms with Crippen molar-refractivity contribution in [2.24, 2.45) is 0 Å². The molecule has 5 rings (SSSR count). The number of amides is 2. The standard InChI is InChI=1S/C29H31N7O4/c1-29(2,3)40-28(39)36(25-10-18(14-30)6-8-32-25)26-13-20(19-4-5-19)12-24(34-26)21-11-23(16-31-15-21)33-22-7-9-35(17-22)27(37)38/h6,8,10-13,15-16,19,22,33H,4-5,7,9,17H2,1-3H3,(H,37,38)/t22-/m0/s1. The topological polar surface area (TPSA) is 145 Å². The van der Waals surface area contributed by atoms with E-state index in [9.17, 15) is 20.0 Å². The highest BCUT2D eigenvalue weighted by atomic mass is 16.6. The number of carboxylic acid groups (broad SMARTS) is 1. The van der Waals surface area contributed by atoms with E-state index < -0.39 is 17.8 Å². The van der Waals surface area contributed by atoms with Crippen molar-refractivity contribution in [3.8, 4) is 17.3 Å². The Bertz CT molecular complexity index is 1480. The van der Waals surface area contributed by atoms with Crippen LogP contribution in [0.5, 0.6) is 0 Å². The summed E-state index contributed by atoms with van der Waals surface area (Å²) >= 11 is 0. The fourth-order valence-electron chi connectivity index (χ4n) is 4.62. The summed E-state index contributed by atoms with van der Waals surface area (Å²) in [6, 6.07) is 11.0. The number of hydrogen-bond donors (Lipinski definition) is 2. The normalized spacial score (nSPS) is 16.8. The first-order valence-electron chi connectivity index (χ1n) is 13.2. The number of nitrogens with zero attached hydrogens (tertiary/aromatic N) is 6. The van der Waals surface area contributed by atoms with Crippen LogP contribution in [0, 0.1) is 11.3 Å². The highest BCUT2D eigenvalue weighted by molar-refractivity contribution is 5.94. The van der Waals surface area contributed by atoms with Crippen molar-refractivity contribution in [2.45, 2.75) is 57.6 Å². The molecule has 1 atom stereocenters. The van der Waals surface area contributed by atoms with Crippen LogP contribution >= 0.6 is 0 Å². The van der Waals surface area contributed by atoms with Gasteiger partial charge in [-0.25, -0.2) is 24.5 Å². The van der Waals surface area contributed by atoms with E-state index in [1.807, 2.05) is 18.2 Å². The van der Waals surface area contributed by atoms with Crippen molar-refractivity contribution in [1.29, 1.82) is 5.26 Å². The van der Waals surface area contributed by atoms with Crippen LogP contribution in [0.25, 0.3) is 11.3 Å². The van der Waals surface area contributed by atoms with Gasteiger partial charge in [0, 0.05) is 43.3 Å². The number of pyridine rings is 3. The molecule has 1 aliphatic carbocycles. The average Bonchev–Trinajstić information content (AvgIpc) is 3.66. The molecule has 2 N–H and O–H groups in total. The second-order valence-electron chi connectivity index (χ2n) is 11.1. The number of nitriles is 1. The summed E-state index contributed by atoms with van der Waals surface area (Å²) in [5.41, 5.74) is 2.75. The first-order valence-corrected chi connectivity index (χ1v) is 13.2. The zero-order valence-corrected chi connectivity index (χ0v) is 22.7. The summed E-state index contributed by atoms with van der Waals surface area (Å²) in [7, 11) is 0. The Labute approximate surface area is 232 Å². The summed E-state index contributed by atoms with van der Waals surface area (Å²) in [6.45, 7) is 6.23. The zero-order chi connectivity index (χ0) is 28.4. The lowest BCUT2D eigenvalue weighted by molar-refractivity contribution is 0.0597. The van der Waals surface area contributed by atoms with Crippen molar-refractivity contribution in [3.05, 3.63) is 60.0 Å². The molecule has 1 saturated heterocycles. The molecular weight excluding hydrogens is 510 g/mol. The van der Waals surface area contributed by atoms with Gasteiger partial charge in [-0.15, -0.1) is 0 Å². The molecule has 1 saturated carbocycles.